The molecular formula is C40H31N. The first-order valence-electron chi connectivity index (χ1n) is 14.7. The average Bonchev–Trinajstić information content (AvgIpc) is 3.57. The fourth-order valence-electron chi connectivity index (χ4n) is 6.68. The van der Waals surface area contributed by atoms with Crippen LogP contribution in [0.3, 0.4) is 0 Å². The first kappa shape index (κ1) is 24.0. The lowest BCUT2D eigenvalue weighted by Gasteiger charge is -2.11. The van der Waals surface area contributed by atoms with Crippen LogP contribution in [0.15, 0.2) is 133 Å². The Balaban J connectivity index is 1.15. The third-order valence-electron chi connectivity index (χ3n) is 8.76. The molecule has 1 nitrogen and oxygen atoms in total. The molecule has 0 aliphatic heterocycles. The number of rotatable bonds is 5. The molecule has 1 heteroatoms. The molecule has 0 saturated heterocycles. The molecule has 8 rings (SSSR count). The van der Waals surface area contributed by atoms with Gasteiger partial charge in [-0.2, -0.15) is 0 Å². The monoisotopic (exact) mass is 525 g/mol. The van der Waals surface area contributed by atoms with E-state index in [4.69, 9.17) is 0 Å². The highest BCUT2D eigenvalue weighted by Crippen LogP contribution is 2.41. The van der Waals surface area contributed by atoms with Gasteiger partial charge in [-0.25, -0.2) is 0 Å². The summed E-state index contributed by atoms with van der Waals surface area (Å²) >= 11 is 0. The maximum Gasteiger partial charge on any atom is 0.0541 e. The van der Waals surface area contributed by atoms with Gasteiger partial charge in [-0.05, 0) is 99.3 Å². The van der Waals surface area contributed by atoms with Gasteiger partial charge in [0.25, 0.3) is 0 Å². The second-order valence-corrected chi connectivity index (χ2v) is 11.3. The Hall–Kier alpha value is -4.88. The first-order chi connectivity index (χ1) is 20.3. The number of aromatic nitrogens is 1. The molecule has 196 valence electrons. The topological polar surface area (TPSA) is 4.93 Å². The van der Waals surface area contributed by atoms with Gasteiger partial charge < -0.3 is 4.57 Å². The van der Waals surface area contributed by atoms with Crippen LogP contribution in [0.4, 0.5) is 0 Å². The summed E-state index contributed by atoms with van der Waals surface area (Å²) in [7, 11) is 0. The molecule has 1 aromatic heterocycles. The van der Waals surface area contributed by atoms with Crippen LogP contribution >= 0.6 is 0 Å². The molecular weight excluding hydrogens is 494 g/mol. The summed E-state index contributed by atoms with van der Waals surface area (Å²) in [5.74, 6) is 0. The molecule has 0 spiro atoms. The molecule has 1 aliphatic carbocycles. The van der Waals surface area contributed by atoms with Crippen LogP contribution in [-0.2, 0) is 12.8 Å². The lowest BCUT2D eigenvalue weighted by atomic mass is 9.95. The SMILES string of the molecule is CCCc1ccc(-c2ccc3c(c2)-c2cc(-c4ccc(-n5c6ccccc6c6ccccc65)cc4)ccc2C3)cc1. The van der Waals surface area contributed by atoms with Crippen molar-refractivity contribution in [3.63, 3.8) is 0 Å². The van der Waals surface area contributed by atoms with Gasteiger partial charge in [0.15, 0.2) is 0 Å². The number of hydrogen-bond donors (Lipinski definition) is 0. The average molecular weight is 526 g/mol. The normalized spacial score (nSPS) is 12.1. The van der Waals surface area contributed by atoms with E-state index in [2.05, 4.69) is 145 Å². The quantitative estimate of drug-likeness (QED) is 0.211. The van der Waals surface area contributed by atoms with E-state index >= 15 is 0 Å². The van der Waals surface area contributed by atoms with E-state index < -0.39 is 0 Å². The van der Waals surface area contributed by atoms with Crippen LogP contribution < -0.4 is 0 Å². The van der Waals surface area contributed by atoms with Crippen LogP contribution in [0.1, 0.15) is 30.0 Å². The van der Waals surface area contributed by atoms with Crippen LogP contribution in [0, 0.1) is 0 Å². The summed E-state index contributed by atoms with van der Waals surface area (Å²) in [6.07, 6.45) is 3.33. The number of fused-ring (bicyclic) bond motifs is 6. The highest BCUT2D eigenvalue weighted by molar-refractivity contribution is 6.09. The van der Waals surface area contributed by atoms with E-state index in [-0.39, 0.29) is 0 Å². The highest BCUT2D eigenvalue weighted by atomic mass is 15.0. The second kappa shape index (κ2) is 9.64. The standard InChI is InChI=1S/C40H31N/c1-2-7-27-12-14-28(15-13-27)30-16-18-32-24-33-19-17-31(26-38(33)37(32)25-30)29-20-22-34(23-21-29)41-39-10-5-3-8-35(39)36-9-4-6-11-40(36)41/h3-6,8-23,25-26H,2,7,24H2,1H3. The van der Waals surface area contributed by atoms with E-state index in [1.165, 1.54) is 84.0 Å². The summed E-state index contributed by atoms with van der Waals surface area (Å²) in [6.45, 7) is 2.24. The molecule has 0 fully saturated rings. The van der Waals surface area contributed by atoms with Crippen molar-refractivity contribution in [1.82, 2.24) is 4.57 Å². The van der Waals surface area contributed by atoms with E-state index in [1.54, 1.807) is 0 Å². The zero-order valence-electron chi connectivity index (χ0n) is 23.3. The molecule has 1 heterocycles. The van der Waals surface area contributed by atoms with Crippen LogP contribution in [0.25, 0.3) is 60.9 Å². The fraction of sp³-hybridized carbons (Fsp3) is 0.100. The number of nitrogens with zero attached hydrogens (tertiary/aromatic N) is 1. The van der Waals surface area contributed by atoms with Gasteiger partial charge in [-0.3, -0.25) is 0 Å². The number of aryl methyl sites for hydroxylation is 1. The third kappa shape index (κ3) is 4.00. The van der Waals surface area contributed by atoms with E-state index in [0.717, 1.165) is 12.8 Å². The molecule has 0 saturated carbocycles. The Bertz CT molecular complexity index is 2000. The van der Waals surface area contributed by atoms with Crippen molar-refractivity contribution in [3.8, 4) is 39.1 Å². The summed E-state index contributed by atoms with van der Waals surface area (Å²) in [4.78, 5) is 0. The van der Waals surface area contributed by atoms with Gasteiger partial charge in [0, 0.05) is 16.5 Å². The fourth-order valence-corrected chi connectivity index (χ4v) is 6.68. The van der Waals surface area contributed by atoms with Gasteiger partial charge in [0.2, 0.25) is 0 Å². The maximum atomic E-state index is 2.39. The van der Waals surface area contributed by atoms with E-state index in [9.17, 15) is 0 Å². The van der Waals surface area contributed by atoms with Crippen molar-refractivity contribution in [2.45, 2.75) is 26.2 Å². The zero-order valence-corrected chi connectivity index (χ0v) is 23.3. The minimum atomic E-state index is 1.01. The largest absolute Gasteiger partial charge is 0.309 e. The van der Waals surface area contributed by atoms with Gasteiger partial charge in [0.1, 0.15) is 0 Å². The molecule has 41 heavy (non-hydrogen) atoms. The van der Waals surface area contributed by atoms with Gasteiger partial charge in [-0.1, -0.05) is 110 Å². The minimum Gasteiger partial charge on any atom is -0.309 e. The lowest BCUT2D eigenvalue weighted by molar-refractivity contribution is 0.922. The Kier molecular flexibility index (Phi) is 5.63. The number of benzene rings is 6. The summed E-state index contributed by atoms with van der Waals surface area (Å²) in [5.41, 5.74) is 15.8. The van der Waals surface area contributed by atoms with E-state index in [0.29, 0.717) is 0 Å². The minimum absolute atomic E-state index is 1.01. The third-order valence-corrected chi connectivity index (χ3v) is 8.76. The van der Waals surface area contributed by atoms with E-state index in [1.807, 2.05) is 0 Å². The zero-order chi connectivity index (χ0) is 27.3. The molecule has 0 unspecified atom stereocenters. The van der Waals surface area contributed by atoms with Crippen molar-refractivity contribution in [2.24, 2.45) is 0 Å². The first-order valence-corrected chi connectivity index (χ1v) is 14.7. The molecule has 7 aromatic rings. The van der Waals surface area contributed by atoms with Gasteiger partial charge in [0.05, 0.1) is 11.0 Å². The second-order valence-electron chi connectivity index (χ2n) is 11.3. The molecule has 0 radical (unpaired) electrons. The summed E-state index contributed by atoms with van der Waals surface area (Å²) < 4.78 is 2.38. The van der Waals surface area contributed by atoms with Crippen LogP contribution in [0.2, 0.25) is 0 Å². The number of hydrogen-bond acceptors (Lipinski definition) is 0. The Morgan fingerprint density at radius 2 is 1.00 bits per heavy atom. The molecule has 0 bridgehead atoms. The molecule has 6 aromatic carbocycles. The van der Waals surface area contributed by atoms with Crippen molar-refractivity contribution in [1.29, 1.82) is 0 Å². The molecule has 1 aliphatic rings. The van der Waals surface area contributed by atoms with Crippen molar-refractivity contribution in [2.75, 3.05) is 0 Å². The van der Waals surface area contributed by atoms with Crippen molar-refractivity contribution < 1.29 is 0 Å². The van der Waals surface area contributed by atoms with Crippen molar-refractivity contribution in [3.05, 3.63) is 150 Å². The molecule has 0 N–H and O–H groups in total. The number of para-hydroxylation sites is 2. The Morgan fingerprint density at radius 3 is 1.54 bits per heavy atom. The summed E-state index contributed by atoms with van der Waals surface area (Å²) in [5, 5.41) is 2.58. The predicted octanol–water partition coefficient (Wildman–Crippen LogP) is 10.6. The van der Waals surface area contributed by atoms with Gasteiger partial charge >= 0.3 is 0 Å². The smallest absolute Gasteiger partial charge is 0.0541 e. The lowest BCUT2D eigenvalue weighted by Crippen LogP contribution is -1.93. The predicted molar refractivity (Wildman–Crippen MR) is 174 cm³/mol. The molecule has 0 atom stereocenters. The Labute approximate surface area is 241 Å². The highest BCUT2D eigenvalue weighted by Gasteiger charge is 2.20. The Morgan fingerprint density at radius 1 is 0.512 bits per heavy atom. The summed E-state index contributed by atoms with van der Waals surface area (Å²) in [6, 6.07) is 49.6. The maximum absolute atomic E-state index is 2.39. The van der Waals surface area contributed by atoms with Crippen LogP contribution in [0.5, 0.6) is 0 Å². The molecule has 0 amide bonds. The van der Waals surface area contributed by atoms with Crippen LogP contribution in [-0.4, -0.2) is 4.57 Å². The van der Waals surface area contributed by atoms with Gasteiger partial charge in [-0.15, -0.1) is 0 Å². The van der Waals surface area contributed by atoms with Crippen molar-refractivity contribution >= 4 is 21.8 Å².